The van der Waals surface area contributed by atoms with Crippen molar-refractivity contribution in [2.45, 2.75) is 20.3 Å². The number of fused-ring (bicyclic) bond motifs is 1. The summed E-state index contributed by atoms with van der Waals surface area (Å²) in [6.45, 7) is 4.61. The van der Waals surface area contributed by atoms with Gasteiger partial charge in [-0.3, -0.25) is 9.89 Å². The van der Waals surface area contributed by atoms with Crippen molar-refractivity contribution in [3.05, 3.63) is 18.0 Å². The van der Waals surface area contributed by atoms with Gasteiger partial charge in [-0.05, 0) is 13.0 Å². The van der Waals surface area contributed by atoms with E-state index in [1.54, 1.807) is 13.1 Å². The molecule has 6 heteroatoms. The van der Waals surface area contributed by atoms with Gasteiger partial charge in [0.2, 0.25) is 0 Å². The van der Waals surface area contributed by atoms with Crippen LogP contribution < -0.4 is 5.32 Å². The Kier molecular flexibility index (Phi) is 3.76. The van der Waals surface area contributed by atoms with Gasteiger partial charge in [-0.15, -0.1) is 0 Å². The largest absolute Gasteiger partial charge is 0.464 e. The summed E-state index contributed by atoms with van der Waals surface area (Å²) in [6.07, 6.45) is 2.09. The van der Waals surface area contributed by atoms with Crippen LogP contribution in [0.2, 0.25) is 0 Å². The second-order valence-electron chi connectivity index (χ2n) is 3.94. The molecule has 0 aliphatic carbocycles. The fourth-order valence-corrected chi connectivity index (χ4v) is 1.66. The number of aromatic amines is 1. The van der Waals surface area contributed by atoms with Crippen LogP contribution in [0.4, 0.5) is 5.69 Å². The van der Waals surface area contributed by atoms with Gasteiger partial charge in [0.05, 0.1) is 11.9 Å². The van der Waals surface area contributed by atoms with E-state index in [1.807, 2.05) is 13.0 Å². The lowest BCUT2D eigenvalue weighted by atomic mass is 10.3. The minimum atomic E-state index is -0.186. The lowest BCUT2D eigenvalue weighted by Crippen LogP contribution is -2.13. The molecular formula is C12H16N4O2. The molecule has 0 atom stereocenters. The number of anilines is 1. The van der Waals surface area contributed by atoms with Gasteiger partial charge in [-0.1, -0.05) is 6.92 Å². The van der Waals surface area contributed by atoms with Gasteiger partial charge in [0.25, 0.3) is 0 Å². The Morgan fingerprint density at radius 2 is 2.39 bits per heavy atom. The maximum atomic E-state index is 11.0. The molecular weight excluding hydrogens is 232 g/mol. The molecule has 96 valence electrons. The summed E-state index contributed by atoms with van der Waals surface area (Å²) < 4.78 is 4.99. The Hall–Kier alpha value is -2.11. The zero-order chi connectivity index (χ0) is 13.0. The molecule has 2 aromatic rings. The van der Waals surface area contributed by atoms with Gasteiger partial charge < -0.3 is 10.1 Å². The third-order valence-electron chi connectivity index (χ3n) is 2.51. The monoisotopic (exact) mass is 248 g/mol. The molecule has 0 bridgehead atoms. The number of rotatable bonds is 5. The first kappa shape index (κ1) is 12.3. The lowest BCUT2D eigenvalue weighted by molar-refractivity contribution is -0.142. The van der Waals surface area contributed by atoms with Crippen molar-refractivity contribution in [3.8, 4) is 0 Å². The number of pyridine rings is 1. The Morgan fingerprint density at radius 3 is 3.17 bits per heavy atom. The number of hydrogen-bond acceptors (Lipinski definition) is 5. The molecule has 0 radical (unpaired) electrons. The molecule has 0 spiro atoms. The van der Waals surface area contributed by atoms with Crippen molar-refractivity contribution in [3.63, 3.8) is 0 Å². The van der Waals surface area contributed by atoms with Crippen molar-refractivity contribution in [1.29, 1.82) is 0 Å². The summed E-state index contributed by atoms with van der Waals surface area (Å²) in [5.74, 6) is -0.186. The number of H-pyrrole nitrogens is 1. The highest BCUT2D eigenvalue weighted by molar-refractivity contribution is 5.87. The summed E-state index contributed by atoms with van der Waals surface area (Å²) in [5, 5.41) is 10.1. The fraction of sp³-hybridized carbons (Fsp3) is 0.417. The predicted octanol–water partition coefficient (Wildman–Crippen LogP) is 1.63. The Balaban J connectivity index is 1.99. The second-order valence-corrected chi connectivity index (χ2v) is 3.94. The maximum Gasteiger partial charge on any atom is 0.305 e. The fourth-order valence-electron chi connectivity index (χ4n) is 1.66. The van der Waals surface area contributed by atoms with Crippen molar-refractivity contribution >= 4 is 22.7 Å². The number of hydrogen-bond donors (Lipinski definition) is 2. The van der Waals surface area contributed by atoms with Crippen molar-refractivity contribution in [2.75, 3.05) is 18.5 Å². The maximum absolute atomic E-state index is 11.0. The van der Waals surface area contributed by atoms with E-state index in [2.05, 4.69) is 20.5 Å². The molecule has 2 heterocycles. The zero-order valence-corrected chi connectivity index (χ0v) is 10.5. The van der Waals surface area contributed by atoms with Crippen LogP contribution >= 0.6 is 0 Å². The highest BCUT2D eigenvalue weighted by Crippen LogP contribution is 2.19. The van der Waals surface area contributed by atoms with E-state index in [0.717, 1.165) is 22.4 Å². The average Bonchev–Trinajstić information content (AvgIpc) is 2.81. The molecule has 2 rings (SSSR count). The number of esters is 1. The molecule has 0 unspecified atom stereocenters. The first-order valence-corrected chi connectivity index (χ1v) is 5.91. The summed E-state index contributed by atoms with van der Waals surface area (Å²) in [5.41, 5.74) is 3.52. The van der Waals surface area contributed by atoms with E-state index < -0.39 is 0 Å². The van der Waals surface area contributed by atoms with Crippen molar-refractivity contribution in [2.24, 2.45) is 0 Å². The van der Waals surface area contributed by atoms with Crippen LogP contribution in [0.1, 0.15) is 19.0 Å². The van der Waals surface area contributed by atoms with Crippen LogP contribution in [0.15, 0.2) is 12.3 Å². The molecule has 0 aliphatic rings. The quantitative estimate of drug-likeness (QED) is 0.621. The Morgan fingerprint density at radius 1 is 1.56 bits per heavy atom. The highest BCUT2D eigenvalue weighted by Gasteiger charge is 2.05. The van der Waals surface area contributed by atoms with Crippen LogP contribution in [0, 0.1) is 6.92 Å². The van der Waals surface area contributed by atoms with Crippen LogP contribution in [0.25, 0.3) is 11.0 Å². The van der Waals surface area contributed by atoms with Crippen molar-refractivity contribution < 1.29 is 9.53 Å². The van der Waals surface area contributed by atoms with E-state index in [4.69, 9.17) is 4.74 Å². The topological polar surface area (TPSA) is 79.9 Å². The number of ether oxygens (including phenoxy) is 1. The van der Waals surface area contributed by atoms with E-state index >= 15 is 0 Å². The molecule has 0 aromatic carbocycles. The summed E-state index contributed by atoms with van der Waals surface area (Å²) >= 11 is 0. The molecule has 6 nitrogen and oxygen atoms in total. The Labute approximate surface area is 105 Å². The molecule has 0 aliphatic heterocycles. The standard InChI is InChI=1S/C12H16N4O2/c1-3-11(17)18-5-4-13-9-6-8(2)15-10-7-14-16-12(9)10/h6-7H,3-5H2,1-2H3,(H,13,15)(H,14,16). The molecule has 2 N–H and O–H groups in total. The van der Waals surface area contributed by atoms with Gasteiger partial charge >= 0.3 is 5.97 Å². The number of carbonyl (C=O) groups is 1. The molecule has 0 fully saturated rings. The Bertz CT molecular complexity index is 550. The average molecular weight is 248 g/mol. The minimum Gasteiger partial charge on any atom is -0.464 e. The smallest absolute Gasteiger partial charge is 0.305 e. The van der Waals surface area contributed by atoms with Crippen LogP contribution in [-0.4, -0.2) is 34.3 Å². The molecule has 2 aromatic heterocycles. The van der Waals surface area contributed by atoms with Gasteiger partial charge in [0.1, 0.15) is 17.6 Å². The normalized spacial score (nSPS) is 10.6. The van der Waals surface area contributed by atoms with E-state index in [9.17, 15) is 4.79 Å². The van der Waals surface area contributed by atoms with Gasteiger partial charge in [-0.2, -0.15) is 5.10 Å². The van der Waals surface area contributed by atoms with E-state index in [-0.39, 0.29) is 5.97 Å². The molecule has 0 amide bonds. The number of nitrogens with one attached hydrogen (secondary N) is 2. The third kappa shape index (κ3) is 2.77. The van der Waals surface area contributed by atoms with E-state index in [1.165, 1.54) is 0 Å². The van der Waals surface area contributed by atoms with Gasteiger partial charge in [-0.25, -0.2) is 4.98 Å². The number of aromatic nitrogens is 3. The molecule has 0 saturated carbocycles. The van der Waals surface area contributed by atoms with Crippen LogP contribution in [0.5, 0.6) is 0 Å². The first-order valence-electron chi connectivity index (χ1n) is 5.91. The summed E-state index contributed by atoms with van der Waals surface area (Å²) in [6, 6.07) is 1.93. The first-order chi connectivity index (χ1) is 8.70. The molecule has 18 heavy (non-hydrogen) atoms. The SMILES string of the molecule is CCC(=O)OCCNc1cc(C)nc2cn[nH]c12. The molecule has 0 saturated heterocycles. The number of carbonyl (C=O) groups excluding carboxylic acids is 1. The van der Waals surface area contributed by atoms with Gasteiger partial charge in [0.15, 0.2) is 0 Å². The summed E-state index contributed by atoms with van der Waals surface area (Å²) in [4.78, 5) is 15.3. The lowest BCUT2D eigenvalue weighted by Gasteiger charge is -2.08. The third-order valence-corrected chi connectivity index (χ3v) is 2.51. The van der Waals surface area contributed by atoms with Crippen LogP contribution in [-0.2, 0) is 9.53 Å². The zero-order valence-electron chi connectivity index (χ0n) is 10.5. The second kappa shape index (κ2) is 5.48. The minimum absolute atomic E-state index is 0.186. The van der Waals surface area contributed by atoms with Gasteiger partial charge in [0, 0.05) is 18.7 Å². The van der Waals surface area contributed by atoms with Crippen molar-refractivity contribution in [1.82, 2.24) is 15.2 Å². The highest BCUT2D eigenvalue weighted by atomic mass is 16.5. The number of nitrogens with zero attached hydrogens (tertiary/aromatic N) is 2. The predicted molar refractivity (Wildman–Crippen MR) is 68.4 cm³/mol. The van der Waals surface area contributed by atoms with Crippen LogP contribution in [0.3, 0.4) is 0 Å². The van der Waals surface area contributed by atoms with E-state index in [0.29, 0.717) is 19.6 Å². The summed E-state index contributed by atoms with van der Waals surface area (Å²) in [7, 11) is 0. The number of aryl methyl sites for hydroxylation is 1.